The first-order valence-electron chi connectivity index (χ1n) is 11.8. The molecule has 1 aliphatic rings. The van der Waals surface area contributed by atoms with E-state index >= 15 is 0 Å². The molecule has 1 aliphatic heterocycles. The van der Waals surface area contributed by atoms with Crippen molar-refractivity contribution in [2.75, 3.05) is 6.54 Å². The molecule has 1 aromatic heterocycles. The summed E-state index contributed by atoms with van der Waals surface area (Å²) in [5.74, 6) is 0.980. The summed E-state index contributed by atoms with van der Waals surface area (Å²) in [7, 11) is 0. The van der Waals surface area contributed by atoms with Crippen LogP contribution in [0.15, 0.2) is 54.7 Å². The summed E-state index contributed by atoms with van der Waals surface area (Å²) in [5.41, 5.74) is 5.99. The van der Waals surface area contributed by atoms with Crippen LogP contribution in [-0.2, 0) is 13.0 Å². The number of Topliss-reactive ketones (excluding diaryl/α,β-unsaturated/α-hetero) is 1. The number of fused-ring (bicyclic) bond motifs is 3. The number of aromatic amines is 1. The molecule has 0 spiro atoms. The fraction of sp³-hybridized carbons (Fsp3) is 0.464. The van der Waals surface area contributed by atoms with Gasteiger partial charge in [0.05, 0.1) is 0 Å². The van der Waals surface area contributed by atoms with Crippen molar-refractivity contribution in [1.29, 1.82) is 0 Å². The highest BCUT2D eigenvalue weighted by atomic mass is 16.1. The molecule has 168 valence electrons. The fourth-order valence-electron chi connectivity index (χ4n) is 4.44. The van der Waals surface area contributed by atoms with Gasteiger partial charge in [0.15, 0.2) is 5.78 Å². The summed E-state index contributed by atoms with van der Waals surface area (Å²) in [6.07, 6.45) is 15.9. The molecule has 2 N–H and O–H groups in total. The first-order chi connectivity index (χ1) is 15.0. The highest BCUT2D eigenvalue weighted by Gasteiger charge is 2.15. The number of carbonyl (C=O) groups excluding carboxylic acids is 1. The summed E-state index contributed by atoms with van der Waals surface area (Å²) in [6, 6.07) is 5.91. The van der Waals surface area contributed by atoms with E-state index in [1.807, 2.05) is 24.3 Å². The Morgan fingerprint density at radius 3 is 2.58 bits per heavy atom. The Kier molecular flexibility index (Phi) is 10.5. The zero-order valence-corrected chi connectivity index (χ0v) is 19.9. The third-order valence-electron chi connectivity index (χ3n) is 5.89. The zero-order chi connectivity index (χ0) is 22.6. The Labute approximate surface area is 188 Å². The molecule has 0 saturated heterocycles. The molecule has 2 heterocycles. The molecular weight excluding hydrogens is 380 g/mol. The van der Waals surface area contributed by atoms with Crippen LogP contribution in [0.4, 0.5) is 0 Å². The molecule has 0 aliphatic carbocycles. The SMILES string of the molecule is C=C/C=C(\C=C/C)CC(CCC)CCC.CC(=O)c1ccc2[nH]c3c(c2c1)CCNC3. The third kappa shape index (κ3) is 7.36. The molecule has 3 heteroatoms. The number of hydrogen-bond donors (Lipinski definition) is 2. The van der Waals surface area contributed by atoms with Crippen molar-refractivity contribution in [3.63, 3.8) is 0 Å². The van der Waals surface area contributed by atoms with Gasteiger partial charge in [-0.25, -0.2) is 0 Å². The molecular formula is C28H40N2O. The predicted molar refractivity (Wildman–Crippen MR) is 135 cm³/mol. The highest BCUT2D eigenvalue weighted by molar-refractivity contribution is 5.99. The number of ketones is 1. The zero-order valence-electron chi connectivity index (χ0n) is 19.9. The molecule has 0 fully saturated rings. The number of carbonyl (C=O) groups is 1. The van der Waals surface area contributed by atoms with Gasteiger partial charge in [-0.2, -0.15) is 0 Å². The highest BCUT2D eigenvalue weighted by Crippen LogP contribution is 2.26. The number of hydrogen-bond acceptors (Lipinski definition) is 2. The Balaban J connectivity index is 0.000000221. The van der Waals surface area contributed by atoms with Crippen molar-refractivity contribution in [1.82, 2.24) is 10.3 Å². The average molecular weight is 421 g/mol. The number of benzene rings is 1. The topological polar surface area (TPSA) is 44.9 Å². The van der Waals surface area contributed by atoms with E-state index < -0.39 is 0 Å². The summed E-state index contributed by atoms with van der Waals surface area (Å²) in [4.78, 5) is 14.8. The van der Waals surface area contributed by atoms with Gasteiger partial charge in [0.1, 0.15) is 0 Å². The summed E-state index contributed by atoms with van der Waals surface area (Å²) in [5, 5.41) is 4.55. The normalized spacial score (nSPS) is 13.9. The Morgan fingerprint density at radius 2 is 1.97 bits per heavy atom. The number of allylic oxidation sites excluding steroid dienone is 5. The largest absolute Gasteiger partial charge is 0.357 e. The van der Waals surface area contributed by atoms with E-state index in [4.69, 9.17) is 0 Å². The van der Waals surface area contributed by atoms with Crippen LogP contribution in [0, 0.1) is 5.92 Å². The van der Waals surface area contributed by atoms with Crippen LogP contribution in [-0.4, -0.2) is 17.3 Å². The van der Waals surface area contributed by atoms with Crippen molar-refractivity contribution in [2.24, 2.45) is 5.92 Å². The van der Waals surface area contributed by atoms with Gasteiger partial charge < -0.3 is 10.3 Å². The number of nitrogens with one attached hydrogen (secondary N) is 2. The van der Waals surface area contributed by atoms with E-state index in [0.717, 1.165) is 36.5 Å². The Morgan fingerprint density at radius 1 is 1.23 bits per heavy atom. The van der Waals surface area contributed by atoms with Gasteiger partial charge in [-0.3, -0.25) is 4.79 Å². The van der Waals surface area contributed by atoms with Crippen molar-refractivity contribution in [2.45, 2.75) is 72.8 Å². The van der Waals surface area contributed by atoms with E-state index in [9.17, 15) is 4.79 Å². The molecule has 0 saturated carbocycles. The minimum absolute atomic E-state index is 0.130. The average Bonchev–Trinajstić information content (AvgIpc) is 3.13. The van der Waals surface area contributed by atoms with E-state index in [1.54, 1.807) is 6.92 Å². The minimum Gasteiger partial charge on any atom is -0.357 e. The van der Waals surface area contributed by atoms with Crippen molar-refractivity contribution in [3.8, 4) is 0 Å². The van der Waals surface area contributed by atoms with Gasteiger partial charge in [0, 0.05) is 28.7 Å². The van der Waals surface area contributed by atoms with Crippen molar-refractivity contribution < 1.29 is 4.79 Å². The van der Waals surface area contributed by atoms with Crippen molar-refractivity contribution in [3.05, 3.63) is 71.5 Å². The second-order valence-electron chi connectivity index (χ2n) is 8.45. The van der Waals surface area contributed by atoms with E-state index in [2.05, 4.69) is 55.9 Å². The smallest absolute Gasteiger partial charge is 0.159 e. The van der Waals surface area contributed by atoms with Crippen LogP contribution < -0.4 is 5.32 Å². The van der Waals surface area contributed by atoms with E-state index in [0.29, 0.717) is 0 Å². The van der Waals surface area contributed by atoms with Gasteiger partial charge in [-0.1, -0.05) is 70.4 Å². The van der Waals surface area contributed by atoms with Gasteiger partial charge in [0.2, 0.25) is 0 Å². The quantitative estimate of drug-likeness (QED) is 0.330. The van der Waals surface area contributed by atoms with Crippen LogP contribution in [0.3, 0.4) is 0 Å². The maximum Gasteiger partial charge on any atom is 0.159 e. The predicted octanol–water partition coefficient (Wildman–Crippen LogP) is 7.30. The van der Waals surface area contributed by atoms with Crippen LogP contribution in [0.25, 0.3) is 10.9 Å². The second-order valence-corrected chi connectivity index (χ2v) is 8.45. The Hall–Kier alpha value is -2.39. The maximum absolute atomic E-state index is 11.4. The van der Waals surface area contributed by atoms with Crippen molar-refractivity contribution >= 4 is 16.7 Å². The molecule has 0 radical (unpaired) electrons. The summed E-state index contributed by atoms with van der Waals surface area (Å²) in [6.45, 7) is 13.9. The van der Waals surface area contributed by atoms with Crippen LogP contribution >= 0.6 is 0 Å². The summed E-state index contributed by atoms with van der Waals surface area (Å²) >= 11 is 0. The van der Waals surface area contributed by atoms with Gasteiger partial charge in [-0.15, -0.1) is 0 Å². The lowest BCUT2D eigenvalue weighted by Crippen LogP contribution is -2.22. The molecule has 2 aromatic rings. The molecule has 0 amide bonds. The number of aromatic nitrogens is 1. The first kappa shape index (κ1) is 24.9. The van der Waals surface area contributed by atoms with Gasteiger partial charge in [-0.05, 0) is 68.5 Å². The lowest BCUT2D eigenvalue weighted by molar-refractivity contribution is 0.101. The molecule has 3 nitrogen and oxygen atoms in total. The molecule has 0 unspecified atom stereocenters. The van der Waals surface area contributed by atoms with Crippen LogP contribution in [0.5, 0.6) is 0 Å². The second kappa shape index (κ2) is 13.1. The lowest BCUT2D eigenvalue weighted by Gasteiger charge is -2.15. The van der Waals surface area contributed by atoms with Crippen LogP contribution in [0.1, 0.15) is 81.4 Å². The van der Waals surface area contributed by atoms with Crippen LogP contribution in [0.2, 0.25) is 0 Å². The molecule has 0 atom stereocenters. The maximum atomic E-state index is 11.4. The fourth-order valence-corrected chi connectivity index (χ4v) is 4.44. The van der Waals surface area contributed by atoms with Gasteiger partial charge >= 0.3 is 0 Å². The number of rotatable bonds is 9. The Bertz CT molecular complexity index is 910. The molecule has 0 bridgehead atoms. The standard InChI is InChI=1S/C15H26.C13H14N2O/c1-5-9-14(10-6-2)13-15(11-7-3)12-8-4;1-8(16)9-2-3-12-11(6-9)10-4-5-14-7-13(10)15-12/h5-6,9-10,15H,1,7-8,11-13H2,2-4H3;2-3,6,14-15H,4-5,7H2,1H3/b10-6-,14-9+;. The molecule has 1 aromatic carbocycles. The third-order valence-corrected chi connectivity index (χ3v) is 5.89. The monoisotopic (exact) mass is 420 g/mol. The minimum atomic E-state index is 0.130. The molecule has 3 rings (SSSR count). The number of H-pyrrole nitrogens is 1. The molecule has 31 heavy (non-hydrogen) atoms. The first-order valence-corrected chi connectivity index (χ1v) is 11.8. The lowest BCUT2D eigenvalue weighted by atomic mass is 9.90. The van der Waals surface area contributed by atoms with E-state index in [-0.39, 0.29) is 5.78 Å². The van der Waals surface area contributed by atoms with E-state index in [1.165, 1.54) is 54.3 Å². The van der Waals surface area contributed by atoms with Gasteiger partial charge in [0.25, 0.3) is 0 Å². The summed E-state index contributed by atoms with van der Waals surface area (Å²) < 4.78 is 0.